The van der Waals surface area contributed by atoms with E-state index in [1.807, 2.05) is 0 Å². The molecular formula is C25H20F6N2O3S. The Hall–Kier alpha value is -3.41. The summed E-state index contributed by atoms with van der Waals surface area (Å²) in [7, 11) is -1.25. The van der Waals surface area contributed by atoms with Gasteiger partial charge >= 0.3 is 12.4 Å². The first kappa shape index (κ1) is 26.6. The van der Waals surface area contributed by atoms with Crippen LogP contribution in [-0.4, -0.2) is 39.4 Å². The lowest BCUT2D eigenvalue weighted by molar-refractivity contribution is -0.143. The Labute approximate surface area is 210 Å². The van der Waals surface area contributed by atoms with Gasteiger partial charge in [0.05, 0.1) is 29.1 Å². The standard InChI is InChI=1S/C25H20F6N2O3S/c1-37(35)14-19-12-20(16-5-3-2-4-6-16)21-22(32-19)36-8-7-33(23(21)34)13-15-9-17(24(26,27)28)11-18(10-15)25(29,30)31/h2-6,9-12H,7-8,13-14H2,1H3. The Kier molecular flexibility index (Phi) is 7.31. The molecule has 5 nitrogen and oxygen atoms in total. The molecule has 1 unspecified atom stereocenters. The molecule has 0 bridgehead atoms. The minimum absolute atomic E-state index is 0.0253. The first-order chi connectivity index (χ1) is 17.3. The molecule has 0 saturated heterocycles. The van der Waals surface area contributed by atoms with Crippen molar-refractivity contribution in [1.82, 2.24) is 9.88 Å². The van der Waals surface area contributed by atoms with Crippen LogP contribution in [0.2, 0.25) is 0 Å². The van der Waals surface area contributed by atoms with E-state index >= 15 is 0 Å². The summed E-state index contributed by atoms with van der Waals surface area (Å²) >= 11 is 0. The van der Waals surface area contributed by atoms with Gasteiger partial charge in [-0.15, -0.1) is 0 Å². The number of hydrogen-bond acceptors (Lipinski definition) is 4. The van der Waals surface area contributed by atoms with Crippen molar-refractivity contribution in [2.45, 2.75) is 24.7 Å². The Morgan fingerprint density at radius 2 is 1.59 bits per heavy atom. The lowest BCUT2D eigenvalue weighted by Gasteiger charge is -2.22. The van der Waals surface area contributed by atoms with E-state index in [0.717, 1.165) is 4.90 Å². The van der Waals surface area contributed by atoms with Crippen LogP contribution in [0.4, 0.5) is 26.3 Å². The number of fused-ring (bicyclic) bond motifs is 1. The summed E-state index contributed by atoms with van der Waals surface area (Å²) in [5.74, 6) is -0.595. The molecule has 0 aliphatic carbocycles. The zero-order valence-electron chi connectivity index (χ0n) is 19.3. The second-order valence-electron chi connectivity index (χ2n) is 8.41. The molecule has 3 aromatic rings. The first-order valence-electron chi connectivity index (χ1n) is 10.9. The highest BCUT2D eigenvalue weighted by Gasteiger charge is 2.37. The van der Waals surface area contributed by atoms with Gasteiger partial charge in [0, 0.05) is 29.2 Å². The summed E-state index contributed by atoms with van der Waals surface area (Å²) in [4.78, 5) is 19.1. The molecule has 0 radical (unpaired) electrons. The van der Waals surface area contributed by atoms with Crippen LogP contribution in [0.5, 0.6) is 5.88 Å². The fourth-order valence-electron chi connectivity index (χ4n) is 4.01. The van der Waals surface area contributed by atoms with Crippen LogP contribution in [0.3, 0.4) is 0 Å². The minimum atomic E-state index is -5.01. The largest absolute Gasteiger partial charge is 0.475 e. The van der Waals surface area contributed by atoms with Gasteiger partial charge < -0.3 is 9.64 Å². The van der Waals surface area contributed by atoms with Gasteiger partial charge in [0.15, 0.2) is 0 Å². The third kappa shape index (κ3) is 6.12. The molecular weight excluding hydrogens is 522 g/mol. The summed E-state index contributed by atoms with van der Waals surface area (Å²) in [5, 5.41) is 0. The lowest BCUT2D eigenvalue weighted by atomic mass is 9.99. The second-order valence-corrected chi connectivity index (χ2v) is 9.85. The number of nitrogens with zero attached hydrogens (tertiary/aromatic N) is 2. The number of ether oxygens (including phenoxy) is 1. The molecule has 196 valence electrons. The normalized spacial score (nSPS) is 15.1. The van der Waals surface area contributed by atoms with Crippen LogP contribution in [0.1, 0.15) is 32.7 Å². The van der Waals surface area contributed by atoms with E-state index in [-0.39, 0.29) is 42.0 Å². The third-order valence-electron chi connectivity index (χ3n) is 5.60. The molecule has 1 aliphatic rings. The maximum atomic E-state index is 13.6. The van der Waals surface area contributed by atoms with E-state index < -0.39 is 46.7 Å². The third-order valence-corrected chi connectivity index (χ3v) is 6.30. The predicted octanol–water partition coefficient (Wildman–Crippen LogP) is 5.70. The zero-order valence-corrected chi connectivity index (χ0v) is 20.1. The van der Waals surface area contributed by atoms with E-state index in [1.165, 1.54) is 6.26 Å². The van der Waals surface area contributed by atoms with Crippen LogP contribution in [0.15, 0.2) is 54.6 Å². The number of hydrogen-bond donors (Lipinski definition) is 0. The molecule has 37 heavy (non-hydrogen) atoms. The SMILES string of the molecule is CS(=O)Cc1cc(-c2ccccc2)c2c(n1)OCCN(Cc1cc(C(F)(F)F)cc(C(F)(F)F)c1)C2=O. The number of halogens is 6. The number of carbonyl (C=O) groups excluding carboxylic acids is 1. The lowest BCUT2D eigenvalue weighted by Crippen LogP contribution is -2.32. The van der Waals surface area contributed by atoms with Crippen LogP contribution in [0, 0.1) is 0 Å². The average Bonchev–Trinajstić information content (AvgIpc) is 2.96. The van der Waals surface area contributed by atoms with Gasteiger partial charge in [-0.1, -0.05) is 30.3 Å². The molecule has 1 atom stereocenters. The number of alkyl halides is 6. The maximum Gasteiger partial charge on any atom is 0.416 e. The first-order valence-corrected chi connectivity index (χ1v) is 12.7. The summed E-state index contributed by atoms with van der Waals surface area (Å²) < 4.78 is 97.4. The molecule has 0 N–H and O–H groups in total. The summed E-state index contributed by atoms with van der Waals surface area (Å²) in [5.41, 5.74) is -1.79. The van der Waals surface area contributed by atoms with Gasteiger partial charge in [-0.3, -0.25) is 9.00 Å². The molecule has 2 heterocycles. The fourth-order valence-corrected chi connectivity index (χ4v) is 4.57. The van der Waals surface area contributed by atoms with Crippen molar-refractivity contribution in [2.24, 2.45) is 0 Å². The quantitative estimate of drug-likeness (QED) is 0.388. The smallest absolute Gasteiger partial charge is 0.416 e. The zero-order chi connectivity index (χ0) is 27.0. The van der Waals surface area contributed by atoms with E-state index in [4.69, 9.17) is 4.74 Å². The number of aromatic nitrogens is 1. The van der Waals surface area contributed by atoms with E-state index in [2.05, 4.69) is 4.98 Å². The molecule has 1 aromatic heterocycles. The Balaban J connectivity index is 1.78. The van der Waals surface area contributed by atoms with Gasteiger partial charge in [0.25, 0.3) is 5.91 Å². The van der Waals surface area contributed by atoms with Gasteiger partial charge in [-0.2, -0.15) is 26.3 Å². The number of benzene rings is 2. The molecule has 4 rings (SSSR count). The van der Waals surface area contributed by atoms with Gasteiger partial charge in [0.2, 0.25) is 5.88 Å². The Bertz CT molecular complexity index is 1310. The van der Waals surface area contributed by atoms with Crippen molar-refractivity contribution in [3.05, 3.63) is 82.5 Å². The predicted molar refractivity (Wildman–Crippen MR) is 124 cm³/mol. The Morgan fingerprint density at radius 3 is 2.16 bits per heavy atom. The average molecular weight is 543 g/mol. The molecule has 1 aliphatic heterocycles. The van der Waals surface area contributed by atoms with Crippen LogP contribution >= 0.6 is 0 Å². The molecule has 0 saturated carbocycles. The molecule has 0 spiro atoms. The van der Waals surface area contributed by atoms with Gasteiger partial charge in [0.1, 0.15) is 12.2 Å². The van der Waals surface area contributed by atoms with Gasteiger partial charge in [-0.25, -0.2) is 4.98 Å². The number of amides is 1. The van der Waals surface area contributed by atoms with E-state index in [9.17, 15) is 35.3 Å². The number of pyridine rings is 1. The van der Waals surface area contributed by atoms with Gasteiger partial charge in [-0.05, 0) is 35.4 Å². The maximum absolute atomic E-state index is 13.6. The summed E-state index contributed by atoms with van der Waals surface area (Å²) in [6, 6.07) is 11.5. The highest BCUT2D eigenvalue weighted by atomic mass is 32.2. The van der Waals surface area contributed by atoms with Crippen LogP contribution in [0.25, 0.3) is 11.1 Å². The molecule has 1 amide bonds. The topological polar surface area (TPSA) is 59.5 Å². The number of rotatable bonds is 5. The number of carbonyl (C=O) groups is 1. The minimum Gasteiger partial charge on any atom is -0.475 e. The van der Waals surface area contributed by atoms with E-state index in [0.29, 0.717) is 29.0 Å². The summed E-state index contributed by atoms with van der Waals surface area (Å²) in [6.45, 7) is -0.705. The van der Waals surface area contributed by atoms with Crippen molar-refractivity contribution in [3.8, 4) is 17.0 Å². The Morgan fingerprint density at radius 1 is 0.973 bits per heavy atom. The van der Waals surface area contributed by atoms with Crippen LogP contribution in [-0.2, 0) is 35.4 Å². The highest BCUT2D eigenvalue weighted by Crippen LogP contribution is 2.38. The summed E-state index contributed by atoms with van der Waals surface area (Å²) in [6.07, 6.45) is -8.52. The van der Waals surface area contributed by atoms with Crippen molar-refractivity contribution < 1.29 is 40.1 Å². The van der Waals surface area contributed by atoms with Crippen molar-refractivity contribution in [1.29, 1.82) is 0 Å². The van der Waals surface area contributed by atoms with Crippen molar-refractivity contribution in [2.75, 3.05) is 19.4 Å². The molecule has 12 heteroatoms. The fraction of sp³-hybridized carbons (Fsp3) is 0.280. The van der Waals surface area contributed by atoms with Crippen molar-refractivity contribution in [3.63, 3.8) is 0 Å². The van der Waals surface area contributed by atoms with Crippen molar-refractivity contribution >= 4 is 16.7 Å². The van der Waals surface area contributed by atoms with E-state index in [1.54, 1.807) is 36.4 Å². The van der Waals surface area contributed by atoms with Crippen LogP contribution < -0.4 is 4.74 Å². The molecule has 0 fully saturated rings. The monoisotopic (exact) mass is 542 g/mol. The highest BCUT2D eigenvalue weighted by molar-refractivity contribution is 7.83. The second kappa shape index (κ2) is 10.2. The molecule has 2 aromatic carbocycles.